The number of nitrogens with one attached hydrogen (secondary N) is 1. The highest BCUT2D eigenvalue weighted by atomic mass is 16.2. The zero-order chi connectivity index (χ0) is 14.5. The van der Waals surface area contributed by atoms with Crippen LogP contribution in [0.25, 0.3) is 0 Å². The lowest BCUT2D eigenvalue weighted by molar-refractivity contribution is -0.125. The molecule has 4 heteroatoms. The molecule has 1 aromatic rings. The van der Waals surface area contributed by atoms with Crippen LogP contribution in [0.1, 0.15) is 31.7 Å². The molecule has 0 aromatic heterocycles. The van der Waals surface area contributed by atoms with Crippen molar-refractivity contribution in [2.45, 2.75) is 38.3 Å². The third-order valence-corrected chi connectivity index (χ3v) is 4.10. The Morgan fingerprint density at radius 3 is 2.75 bits per heavy atom. The molecule has 3 atom stereocenters. The summed E-state index contributed by atoms with van der Waals surface area (Å²) in [4.78, 5) is 14.2. The van der Waals surface area contributed by atoms with Crippen molar-refractivity contribution in [2.75, 3.05) is 19.6 Å². The Hall–Kier alpha value is -1.39. The van der Waals surface area contributed by atoms with Gasteiger partial charge in [-0.05, 0) is 18.9 Å². The van der Waals surface area contributed by atoms with Crippen molar-refractivity contribution in [3.63, 3.8) is 0 Å². The van der Waals surface area contributed by atoms with Gasteiger partial charge in [0.05, 0.1) is 6.04 Å². The first-order valence-electron chi connectivity index (χ1n) is 7.45. The lowest BCUT2D eigenvalue weighted by atomic mass is 9.95. The maximum atomic E-state index is 12.0. The van der Waals surface area contributed by atoms with Gasteiger partial charge in [0, 0.05) is 31.6 Å². The first-order chi connectivity index (χ1) is 9.63. The lowest BCUT2D eigenvalue weighted by Gasteiger charge is -2.23. The highest BCUT2D eigenvalue weighted by molar-refractivity contribution is 5.81. The van der Waals surface area contributed by atoms with E-state index < -0.39 is 0 Å². The van der Waals surface area contributed by atoms with Gasteiger partial charge in [-0.25, -0.2) is 0 Å². The smallest absolute Gasteiger partial charge is 0.237 e. The topological polar surface area (TPSA) is 58.4 Å². The molecular formula is C16H25N3O. The highest BCUT2D eigenvalue weighted by Crippen LogP contribution is 2.27. The fourth-order valence-corrected chi connectivity index (χ4v) is 2.79. The zero-order valence-electron chi connectivity index (χ0n) is 12.4. The Kier molecular flexibility index (Phi) is 5.15. The quantitative estimate of drug-likeness (QED) is 0.852. The van der Waals surface area contributed by atoms with Crippen LogP contribution in [0.2, 0.25) is 0 Å². The van der Waals surface area contributed by atoms with Crippen LogP contribution in [0, 0.1) is 0 Å². The van der Waals surface area contributed by atoms with E-state index in [-0.39, 0.29) is 18.0 Å². The molecule has 2 rings (SSSR count). The van der Waals surface area contributed by atoms with Gasteiger partial charge in [0.1, 0.15) is 0 Å². The van der Waals surface area contributed by atoms with Crippen LogP contribution in [0.5, 0.6) is 0 Å². The van der Waals surface area contributed by atoms with Crippen LogP contribution in [-0.2, 0) is 4.79 Å². The number of nitrogens with two attached hydrogens (primary N) is 1. The molecule has 0 spiro atoms. The van der Waals surface area contributed by atoms with E-state index in [1.165, 1.54) is 5.56 Å². The summed E-state index contributed by atoms with van der Waals surface area (Å²) in [5, 5.41) is 2.96. The molecule has 0 radical (unpaired) electrons. The van der Waals surface area contributed by atoms with Gasteiger partial charge in [0.2, 0.25) is 5.91 Å². The molecule has 1 saturated heterocycles. The molecule has 1 aliphatic rings. The third kappa shape index (κ3) is 3.38. The maximum Gasteiger partial charge on any atom is 0.237 e. The van der Waals surface area contributed by atoms with Gasteiger partial charge in [0.15, 0.2) is 0 Å². The predicted molar refractivity (Wildman–Crippen MR) is 81.5 cm³/mol. The summed E-state index contributed by atoms with van der Waals surface area (Å²) in [5.41, 5.74) is 7.53. The van der Waals surface area contributed by atoms with E-state index in [1.54, 1.807) is 0 Å². The van der Waals surface area contributed by atoms with Gasteiger partial charge in [-0.3, -0.25) is 9.69 Å². The summed E-state index contributed by atoms with van der Waals surface area (Å²) in [6.45, 7) is 6.39. The molecule has 1 fully saturated rings. The second-order valence-electron chi connectivity index (χ2n) is 5.60. The molecule has 0 bridgehead atoms. The Morgan fingerprint density at radius 1 is 1.40 bits per heavy atom. The van der Waals surface area contributed by atoms with E-state index in [0.717, 1.165) is 26.1 Å². The molecule has 3 N–H and O–H groups in total. The van der Waals surface area contributed by atoms with Crippen LogP contribution >= 0.6 is 0 Å². The second-order valence-corrected chi connectivity index (χ2v) is 5.60. The number of likely N-dealkylation sites (tertiary alicyclic amines) is 1. The summed E-state index contributed by atoms with van der Waals surface area (Å²) < 4.78 is 0. The van der Waals surface area contributed by atoms with E-state index >= 15 is 0 Å². The number of rotatable bonds is 5. The van der Waals surface area contributed by atoms with Crippen LogP contribution in [0.15, 0.2) is 30.3 Å². The monoisotopic (exact) mass is 275 g/mol. The fourth-order valence-electron chi connectivity index (χ4n) is 2.79. The van der Waals surface area contributed by atoms with Crippen molar-refractivity contribution >= 4 is 5.91 Å². The minimum absolute atomic E-state index is 0.0961. The molecule has 1 aromatic carbocycles. The summed E-state index contributed by atoms with van der Waals surface area (Å²) in [6.07, 6.45) is 0.963. The summed E-state index contributed by atoms with van der Waals surface area (Å²) in [6, 6.07) is 10.3. The minimum Gasteiger partial charge on any atom is -0.355 e. The van der Waals surface area contributed by atoms with Gasteiger partial charge in [-0.2, -0.15) is 0 Å². The number of hydrogen-bond donors (Lipinski definition) is 2. The minimum atomic E-state index is -0.110. The number of carbonyl (C=O) groups is 1. The largest absolute Gasteiger partial charge is 0.355 e. The van der Waals surface area contributed by atoms with Crippen molar-refractivity contribution in [1.82, 2.24) is 10.2 Å². The Balaban J connectivity index is 1.98. The molecule has 1 unspecified atom stereocenters. The van der Waals surface area contributed by atoms with E-state index in [9.17, 15) is 4.79 Å². The highest BCUT2D eigenvalue weighted by Gasteiger charge is 2.35. The predicted octanol–water partition coefficient (Wildman–Crippen LogP) is 1.33. The van der Waals surface area contributed by atoms with Crippen LogP contribution in [0.4, 0.5) is 0 Å². The average molecular weight is 275 g/mol. The Labute approximate surface area is 121 Å². The number of nitrogens with zero attached hydrogens (tertiary/aromatic N) is 1. The maximum absolute atomic E-state index is 12.0. The van der Waals surface area contributed by atoms with Gasteiger partial charge < -0.3 is 11.1 Å². The van der Waals surface area contributed by atoms with Gasteiger partial charge in [0.25, 0.3) is 0 Å². The van der Waals surface area contributed by atoms with Crippen molar-refractivity contribution in [3.8, 4) is 0 Å². The standard InChI is InChI=1S/C16H25N3O/c1-3-9-18-16(20)12(2)19-10-14(15(17)11-19)13-7-5-4-6-8-13/h4-8,12,14-15H,3,9-11,17H2,1-2H3,(H,18,20)/t12?,14-,15+/m0/s1. The van der Waals surface area contributed by atoms with Crippen molar-refractivity contribution in [1.29, 1.82) is 0 Å². The van der Waals surface area contributed by atoms with Crippen molar-refractivity contribution in [3.05, 3.63) is 35.9 Å². The number of carbonyl (C=O) groups excluding carboxylic acids is 1. The summed E-state index contributed by atoms with van der Waals surface area (Å²) >= 11 is 0. The molecular weight excluding hydrogens is 250 g/mol. The van der Waals surface area contributed by atoms with E-state index in [0.29, 0.717) is 5.92 Å². The SMILES string of the molecule is CCCNC(=O)C(C)N1C[C@@H](N)[C@H](c2ccccc2)C1. The molecule has 1 aliphatic heterocycles. The fraction of sp³-hybridized carbons (Fsp3) is 0.562. The Bertz CT molecular complexity index is 435. The van der Waals surface area contributed by atoms with Crippen LogP contribution in [0.3, 0.4) is 0 Å². The average Bonchev–Trinajstić information content (AvgIpc) is 2.86. The number of benzene rings is 1. The Morgan fingerprint density at radius 2 is 2.10 bits per heavy atom. The number of amides is 1. The molecule has 1 heterocycles. The van der Waals surface area contributed by atoms with Crippen LogP contribution < -0.4 is 11.1 Å². The van der Waals surface area contributed by atoms with Crippen molar-refractivity contribution < 1.29 is 4.79 Å². The molecule has 4 nitrogen and oxygen atoms in total. The van der Waals surface area contributed by atoms with Gasteiger partial charge >= 0.3 is 0 Å². The molecule has 0 aliphatic carbocycles. The van der Waals surface area contributed by atoms with E-state index in [1.807, 2.05) is 25.1 Å². The van der Waals surface area contributed by atoms with Gasteiger partial charge in [-0.1, -0.05) is 37.3 Å². The van der Waals surface area contributed by atoms with Crippen molar-refractivity contribution in [2.24, 2.45) is 5.73 Å². The normalized spacial score (nSPS) is 24.6. The third-order valence-electron chi connectivity index (χ3n) is 4.10. The molecule has 0 saturated carbocycles. The van der Waals surface area contributed by atoms with E-state index in [4.69, 9.17) is 5.73 Å². The van der Waals surface area contributed by atoms with Crippen LogP contribution in [-0.4, -0.2) is 42.5 Å². The summed E-state index contributed by atoms with van der Waals surface area (Å²) in [5.74, 6) is 0.422. The van der Waals surface area contributed by atoms with Gasteiger partial charge in [-0.15, -0.1) is 0 Å². The molecule has 20 heavy (non-hydrogen) atoms. The molecule has 1 amide bonds. The first kappa shape index (κ1) is 15.0. The van der Waals surface area contributed by atoms with E-state index in [2.05, 4.69) is 29.3 Å². The summed E-state index contributed by atoms with van der Waals surface area (Å²) in [7, 11) is 0. The second kappa shape index (κ2) is 6.86. The molecule has 110 valence electrons. The first-order valence-corrected chi connectivity index (χ1v) is 7.45. The zero-order valence-corrected chi connectivity index (χ0v) is 12.4. The number of hydrogen-bond acceptors (Lipinski definition) is 3. The lowest BCUT2D eigenvalue weighted by Crippen LogP contribution is -2.45.